The summed E-state index contributed by atoms with van der Waals surface area (Å²) in [4.78, 5) is 13.1. The summed E-state index contributed by atoms with van der Waals surface area (Å²) in [6.07, 6.45) is 4.73. The second-order valence-corrected chi connectivity index (χ2v) is 7.68. The first-order valence-electron chi connectivity index (χ1n) is 7.16. The zero-order valence-corrected chi connectivity index (χ0v) is 13.0. The third kappa shape index (κ3) is 4.04. The van der Waals surface area contributed by atoms with Crippen molar-refractivity contribution in [3.8, 4) is 0 Å². The van der Waals surface area contributed by atoms with Gasteiger partial charge in [-0.15, -0.1) is 0 Å². The summed E-state index contributed by atoms with van der Waals surface area (Å²) >= 11 is 0. The molecule has 0 spiro atoms. The van der Waals surface area contributed by atoms with Gasteiger partial charge in [-0.05, 0) is 44.2 Å². The highest BCUT2D eigenvalue weighted by Crippen LogP contribution is 2.22. The maximum absolute atomic E-state index is 12.3. The molecule has 1 aromatic carbocycles. The Morgan fingerprint density at radius 3 is 2.33 bits per heavy atom. The summed E-state index contributed by atoms with van der Waals surface area (Å²) in [6.45, 7) is 0.508. The van der Waals surface area contributed by atoms with Crippen LogP contribution in [0.25, 0.3) is 0 Å². The number of hydrogen-bond donors (Lipinski definition) is 1. The van der Waals surface area contributed by atoms with E-state index in [9.17, 15) is 13.2 Å². The van der Waals surface area contributed by atoms with Gasteiger partial charge in [-0.1, -0.05) is 12.8 Å². The Bertz CT molecular complexity index is 589. The zero-order chi connectivity index (χ0) is 15.5. The maximum Gasteiger partial charge on any atom is 0.335 e. The van der Waals surface area contributed by atoms with E-state index in [2.05, 4.69) is 4.90 Å². The van der Waals surface area contributed by atoms with Crippen LogP contribution in [0.2, 0.25) is 0 Å². The normalized spacial score (nSPS) is 16.5. The van der Waals surface area contributed by atoms with Crippen LogP contribution >= 0.6 is 0 Å². The molecule has 1 saturated carbocycles. The van der Waals surface area contributed by atoms with E-state index in [1.165, 1.54) is 37.1 Å². The maximum atomic E-state index is 12.3. The van der Waals surface area contributed by atoms with E-state index in [1.54, 1.807) is 0 Å². The quantitative estimate of drug-likeness (QED) is 0.870. The van der Waals surface area contributed by atoms with Crippen LogP contribution in [-0.4, -0.2) is 49.8 Å². The largest absolute Gasteiger partial charge is 0.478 e. The zero-order valence-electron chi connectivity index (χ0n) is 12.2. The number of nitrogens with zero attached hydrogens (tertiary/aromatic N) is 1. The molecule has 0 aliphatic heterocycles. The highest BCUT2D eigenvalue weighted by molar-refractivity contribution is 7.91. The molecule has 1 aromatic rings. The molecule has 0 radical (unpaired) electrons. The number of carboxylic acids is 1. The van der Waals surface area contributed by atoms with Gasteiger partial charge < -0.3 is 10.0 Å². The van der Waals surface area contributed by atoms with E-state index in [4.69, 9.17) is 5.11 Å². The van der Waals surface area contributed by atoms with Crippen LogP contribution in [0.15, 0.2) is 29.2 Å². The van der Waals surface area contributed by atoms with Crippen molar-refractivity contribution in [2.24, 2.45) is 0 Å². The van der Waals surface area contributed by atoms with Crippen molar-refractivity contribution in [3.63, 3.8) is 0 Å². The fourth-order valence-electron chi connectivity index (χ4n) is 2.71. The molecule has 5 nitrogen and oxygen atoms in total. The topological polar surface area (TPSA) is 74.7 Å². The summed E-state index contributed by atoms with van der Waals surface area (Å²) in [5, 5.41) is 8.82. The Morgan fingerprint density at radius 1 is 1.24 bits per heavy atom. The van der Waals surface area contributed by atoms with Gasteiger partial charge >= 0.3 is 5.97 Å². The van der Waals surface area contributed by atoms with Gasteiger partial charge in [0.25, 0.3) is 0 Å². The van der Waals surface area contributed by atoms with Crippen LogP contribution in [0.3, 0.4) is 0 Å². The van der Waals surface area contributed by atoms with Crippen LogP contribution < -0.4 is 0 Å². The van der Waals surface area contributed by atoms with Crippen molar-refractivity contribution in [3.05, 3.63) is 29.8 Å². The summed E-state index contributed by atoms with van der Waals surface area (Å²) < 4.78 is 24.5. The molecule has 2 rings (SSSR count). The number of carbonyl (C=O) groups is 1. The van der Waals surface area contributed by atoms with Crippen molar-refractivity contribution in [2.45, 2.75) is 36.6 Å². The molecule has 0 bridgehead atoms. The molecular formula is C15H21NO4S. The van der Waals surface area contributed by atoms with Gasteiger partial charge in [-0.25, -0.2) is 13.2 Å². The van der Waals surface area contributed by atoms with Crippen LogP contribution in [-0.2, 0) is 9.84 Å². The average molecular weight is 311 g/mol. The van der Waals surface area contributed by atoms with E-state index in [0.717, 1.165) is 12.8 Å². The van der Waals surface area contributed by atoms with Crippen LogP contribution in [0, 0.1) is 0 Å². The number of benzene rings is 1. The number of aromatic carboxylic acids is 1. The lowest BCUT2D eigenvalue weighted by Crippen LogP contribution is -2.33. The first kappa shape index (κ1) is 16.0. The van der Waals surface area contributed by atoms with Crippen molar-refractivity contribution in [1.29, 1.82) is 0 Å². The van der Waals surface area contributed by atoms with Gasteiger partial charge in [0.1, 0.15) is 0 Å². The molecule has 0 amide bonds. The van der Waals surface area contributed by atoms with Crippen LogP contribution in [0.4, 0.5) is 0 Å². The first-order valence-corrected chi connectivity index (χ1v) is 8.82. The van der Waals surface area contributed by atoms with Gasteiger partial charge in [0, 0.05) is 12.6 Å². The standard InChI is InChI=1S/C15H21NO4S/c1-16(13-4-2-3-5-13)10-11-21(19,20)14-8-6-12(7-9-14)15(17)18/h6-9,13H,2-5,10-11H2,1H3,(H,17,18). The van der Waals surface area contributed by atoms with E-state index in [0.29, 0.717) is 12.6 Å². The molecule has 116 valence electrons. The predicted octanol–water partition coefficient (Wildman–Crippen LogP) is 2.03. The van der Waals surface area contributed by atoms with E-state index < -0.39 is 15.8 Å². The lowest BCUT2D eigenvalue weighted by atomic mass is 10.2. The molecule has 1 aliphatic rings. The third-order valence-electron chi connectivity index (χ3n) is 4.12. The Kier molecular flexibility index (Phi) is 5.00. The average Bonchev–Trinajstić information content (AvgIpc) is 2.99. The predicted molar refractivity (Wildman–Crippen MR) is 80.3 cm³/mol. The Balaban J connectivity index is 1.99. The molecule has 1 N–H and O–H groups in total. The molecule has 0 heterocycles. The van der Waals surface area contributed by atoms with E-state index in [1.807, 2.05) is 7.05 Å². The van der Waals surface area contributed by atoms with E-state index >= 15 is 0 Å². The summed E-state index contributed by atoms with van der Waals surface area (Å²) in [5.41, 5.74) is 0.0945. The Morgan fingerprint density at radius 2 is 1.81 bits per heavy atom. The van der Waals surface area contributed by atoms with Crippen LogP contribution in [0.1, 0.15) is 36.0 Å². The molecule has 0 unspecified atom stereocenters. The summed E-state index contributed by atoms with van der Waals surface area (Å²) in [5.74, 6) is -0.994. The number of sulfone groups is 1. The monoisotopic (exact) mass is 311 g/mol. The van der Waals surface area contributed by atoms with Gasteiger partial charge in [-0.3, -0.25) is 0 Å². The lowest BCUT2D eigenvalue weighted by Gasteiger charge is -2.23. The number of hydrogen-bond acceptors (Lipinski definition) is 4. The smallest absolute Gasteiger partial charge is 0.335 e. The van der Waals surface area contributed by atoms with Crippen LogP contribution in [0.5, 0.6) is 0 Å². The number of carboxylic acid groups (broad SMARTS) is 1. The van der Waals surface area contributed by atoms with Gasteiger partial charge in [0.05, 0.1) is 16.2 Å². The molecule has 1 fully saturated rings. The molecule has 1 aliphatic carbocycles. The molecule has 0 aromatic heterocycles. The molecule has 21 heavy (non-hydrogen) atoms. The lowest BCUT2D eigenvalue weighted by molar-refractivity contribution is 0.0696. The van der Waals surface area contributed by atoms with E-state index in [-0.39, 0.29) is 16.2 Å². The minimum Gasteiger partial charge on any atom is -0.478 e. The fourth-order valence-corrected chi connectivity index (χ4v) is 4.03. The van der Waals surface area contributed by atoms with Gasteiger partial charge in [-0.2, -0.15) is 0 Å². The van der Waals surface area contributed by atoms with Gasteiger partial charge in [0.15, 0.2) is 9.84 Å². The van der Waals surface area contributed by atoms with Crippen molar-refractivity contribution in [1.82, 2.24) is 4.90 Å². The highest BCUT2D eigenvalue weighted by atomic mass is 32.2. The summed E-state index contributed by atoms with van der Waals surface area (Å²) in [7, 11) is -1.39. The molecule has 0 saturated heterocycles. The Labute approximate surface area is 125 Å². The second kappa shape index (κ2) is 6.58. The fraction of sp³-hybridized carbons (Fsp3) is 0.533. The van der Waals surface area contributed by atoms with Gasteiger partial charge in [0.2, 0.25) is 0 Å². The van der Waals surface area contributed by atoms with Crippen molar-refractivity contribution >= 4 is 15.8 Å². The first-order chi connectivity index (χ1) is 9.90. The minimum atomic E-state index is -3.36. The molecule has 0 atom stereocenters. The second-order valence-electron chi connectivity index (χ2n) is 5.57. The summed E-state index contributed by atoms with van der Waals surface area (Å²) in [6, 6.07) is 5.89. The molecule has 6 heteroatoms. The third-order valence-corrected chi connectivity index (χ3v) is 5.83. The molecular weight excluding hydrogens is 290 g/mol. The highest BCUT2D eigenvalue weighted by Gasteiger charge is 2.22. The van der Waals surface area contributed by atoms with Crippen molar-refractivity contribution < 1.29 is 18.3 Å². The van der Waals surface area contributed by atoms with Crippen molar-refractivity contribution in [2.75, 3.05) is 19.3 Å². The minimum absolute atomic E-state index is 0.0619. The SMILES string of the molecule is CN(CCS(=O)(=O)c1ccc(C(=O)O)cc1)C1CCCC1. The Hall–Kier alpha value is -1.40. The number of rotatable bonds is 6.